The maximum absolute atomic E-state index is 10.4. The minimum Gasteiger partial charge on any atom is -0.343 e. The lowest BCUT2D eigenvalue weighted by atomic mass is 9.92. The topological polar surface area (TPSA) is 23.6 Å². The molecule has 0 bridgehead atoms. The number of carbonyl (C=O) groups is 1. The highest BCUT2D eigenvalue weighted by Crippen LogP contribution is 2.30. The first-order chi connectivity index (χ1) is 5.35. The minimum atomic E-state index is 0.685. The van der Waals surface area contributed by atoms with E-state index in [1.165, 1.54) is 6.54 Å². The lowest BCUT2D eigenvalue weighted by Gasteiger charge is -2.42. The molecule has 3 nitrogen and oxygen atoms in total. The lowest BCUT2D eigenvalue weighted by Crippen LogP contribution is -2.55. The molecule has 2 saturated heterocycles. The van der Waals surface area contributed by atoms with E-state index in [9.17, 15) is 4.79 Å². The number of nitrogens with zero attached hydrogens (tertiary/aromatic N) is 2. The quantitative estimate of drug-likeness (QED) is 0.513. The molecule has 2 aliphatic heterocycles. The molecular formula is C8H14N2O. The zero-order chi connectivity index (χ0) is 7.84. The van der Waals surface area contributed by atoms with Gasteiger partial charge < -0.3 is 4.90 Å². The van der Waals surface area contributed by atoms with Crippen molar-refractivity contribution in [2.24, 2.45) is 5.92 Å². The molecule has 0 aromatic rings. The fourth-order valence-corrected chi connectivity index (χ4v) is 2.23. The molecule has 2 atom stereocenters. The predicted molar refractivity (Wildman–Crippen MR) is 42.2 cm³/mol. The summed E-state index contributed by atoms with van der Waals surface area (Å²) in [6.07, 6.45) is 0.978. The van der Waals surface area contributed by atoms with Crippen molar-refractivity contribution in [2.45, 2.75) is 13.0 Å². The Kier molecular flexibility index (Phi) is 1.60. The van der Waals surface area contributed by atoms with Crippen molar-refractivity contribution < 1.29 is 4.79 Å². The van der Waals surface area contributed by atoms with Crippen LogP contribution in [-0.2, 0) is 4.79 Å². The summed E-state index contributed by atoms with van der Waals surface area (Å²) in [4.78, 5) is 14.8. The van der Waals surface area contributed by atoms with Gasteiger partial charge in [-0.3, -0.25) is 9.69 Å². The number of rotatable bonds is 2. The van der Waals surface area contributed by atoms with E-state index in [0.717, 1.165) is 32.0 Å². The predicted octanol–water partition coefficient (Wildman–Crippen LogP) is -0.221. The monoisotopic (exact) mass is 154 g/mol. The van der Waals surface area contributed by atoms with Crippen LogP contribution in [0.3, 0.4) is 0 Å². The zero-order valence-electron chi connectivity index (χ0n) is 6.86. The summed E-state index contributed by atoms with van der Waals surface area (Å²) in [5.41, 5.74) is 0. The Morgan fingerprint density at radius 2 is 2.27 bits per heavy atom. The van der Waals surface area contributed by atoms with Crippen LogP contribution >= 0.6 is 0 Å². The second-order valence-corrected chi connectivity index (χ2v) is 3.47. The van der Waals surface area contributed by atoms with Crippen molar-refractivity contribution in [3.8, 4) is 0 Å². The molecule has 0 aromatic heterocycles. The molecule has 1 amide bonds. The van der Waals surface area contributed by atoms with Crippen molar-refractivity contribution in [1.29, 1.82) is 0 Å². The summed E-state index contributed by atoms with van der Waals surface area (Å²) < 4.78 is 0. The molecular weight excluding hydrogens is 140 g/mol. The highest BCUT2D eigenvalue weighted by Gasteiger charge is 2.44. The van der Waals surface area contributed by atoms with Crippen LogP contribution < -0.4 is 0 Å². The SMILES string of the molecule is CCN1CC2CN(C=O)CC21. The van der Waals surface area contributed by atoms with Crippen LogP contribution in [0.5, 0.6) is 0 Å². The summed E-state index contributed by atoms with van der Waals surface area (Å²) in [7, 11) is 0. The zero-order valence-corrected chi connectivity index (χ0v) is 6.86. The highest BCUT2D eigenvalue weighted by molar-refractivity contribution is 5.48. The Labute approximate surface area is 67.0 Å². The number of amides is 1. The standard InChI is InChI=1S/C8H14N2O/c1-2-10-4-7-3-9(6-11)5-8(7)10/h6-8H,2-5H2,1H3. The molecule has 0 N–H and O–H groups in total. The molecule has 0 radical (unpaired) electrons. The van der Waals surface area contributed by atoms with E-state index in [1.54, 1.807) is 0 Å². The summed E-state index contributed by atoms with van der Waals surface area (Å²) in [5, 5.41) is 0. The van der Waals surface area contributed by atoms with Crippen LogP contribution in [0.25, 0.3) is 0 Å². The number of likely N-dealkylation sites (N-methyl/N-ethyl adjacent to an activating group) is 1. The van der Waals surface area contributed by atoms with Gasteiger partial charge in [-0.15, -0.1) is 0 Å². The van der Waals surface area contributed by atoms with Crippen LogP contribution in [-0.4, -0.2) is 48.4 Å². The number of hydrogen-bond acceptors (Lipinski definition) is 2. The first kappa shape index (κ1) is 7.10. The van der Waals surface area contributed by atoms with Crippen LogP contribution in [0.2, 0.25) is 0 Å². The van der Waals surface area contributed by atoms with Gasteiger partial charge in [0.2, 0.25) is 6.41 Å². The van der Waals surface area contributed by atoms with Gasteiger partial charge in [0.05, 0.1) is 0 Å². The summed E-state index contributed by atoms with van der Waals surface area (Å²) in [6, 6.07) is 0.685. The Bertz CT molecular complexity index is 171. The fraction of sp³-hybridized carbons (Fsp3) is 0.875. The van der Waals surface area contributed by atoms with Crippen LogP contribution in [0, 0.1) is 5.92 Å². The Morgan fingerprint density at radius 1 is 1.45 bits per heavy atom. The molecule has 2 rings (SSSR count). The van der Waals surface area contributed by atoms with E-state index in [4.69, 9.17) is 0 Å². The van der Waals surface area contributed by atoms with Crippen LogP contribution in [0.15, 0.2) is 0 Å². The first-order valence-electron chi connectivity index (χ1n) is 4.28. The van der Waals surface area contributed by atoms with Gasteiger partial charge >= 0.3 is 0 Å². The maximum Gasteiger partial charge on any atom is 0.209 e. The van der Waals surface area contributed by atoms with Gasteiger partial charge in [-0.25, -0.2) is 0 Å². The molecule has 2 heterocycles. The highest BCUT2D eigenvalue weighted by atomic mass is 16.1. The van der Waals surface area contributed by atoms with Crippen LogP contribution in [0.1, 0.15) is 6.92 Å². The second-order valence-electron chi connectivity index (χ2n) is 3.47. The Balaban J connectivity index is 1.93. The third kappa shape index (κ3) is 0.948. The van der Waals surface area contributed by atoms with E-state index in [2.05, 4.69) is 11.8 Å². The maximum atomic E-state index is 10.4. The van der Waals surface area contributed by atoms with Gasteiger partial charge in [-0.05, 0) is 6.54 Å². The molecule has 2 fully saturated rings. The van der Waals surface area contributed by atoms with Gasteiger partial charge in [-0.1, -0.05) is 6.92 Å². The van der Waals surface area contributed by atoms with Crippen molar-refractivity contribution in [3.63, 3.8) is 0 Å². The average Bonchev–Trinajstić information content (AvgIpc) is 2.31. The number of hydrogen-bond donors (Lipinski definition) is 0. The number of likely N-dealkylation sites (tertiary alicyclic amines) is 2. The van der Waals surface area contributed by atoms with Gasteiger partial charge in [-0.2, -0.15) is 0 Å². The second kappa shape index (κ2) is 2.48. The summed E-state index contributed by atoms with van der Waals surface area (Å²) in [5.74, 6) is 0.778. The summed E-state index contributed by atoms with van der Waals surface area (Å²) >= 11 is 0. The number of carbonyl (C=O) groups excluding carboxylic acids is 1. The van der Waals surface area contributed by atoms with Gasteiger partial charge in [0.25, 0.3) is 0 Å². The third-order valence-corrected chi connectivity index (χ3v) is 2.93. The molecule has 62 valence electrons. The van der Waals surface area contributed by atoms with E-state index >= 15 is 0 Å². The largest absolute Gasteiger partial charge is 0.343 e. The van der Waals surface area contributed by atoms with Crippen molar-refractivity contribution in [1.82, 2.24) is 9.80 Å². The molecule has 3 heteroatoms. The van der Waals surface area contributed by atoms with Crippen molar-refractivity contribution in [2.75, 3.05) is 26.2 Å². The van der Waals surface area contributed by atoms with Crippen molar-refractivity contribution >= 4 is 6.41 Å². The molecule has 0 saturated carbocycles. The van der Waals surface area contributed by atoms with E-state index < -0.39 is 0 Å². The Hall–Kier alpha value is -0.570. The number of fused-ring (bicyclic) bond motifs is 1. The average molecular weight is 154 g/mol. The summed E-state index contributed by atoms with van der Waals surface area (Å²) in [6.45, 7) is 6.46. The fourth-order valence-electron chi connectivity index (χ4n) is 2.23. The molecule has 2 aliphatic rings. The van der Waals surface area contributed by atoms with E-state index in [-0.39, 0.29) is 0 Å². The normalized spacial score (nSPS) is 36.6. The Morgan fingerprint density at radius 3 is 2.91 bits per heavy atom. The molecule has 0 aliphatic carbocycles. The van der Waals surface area contributed by atoms with E-state index in [0.29, 0.717) is 6.04 Å². The van der Waals surface area contributed by atoms with Crippen LogP contribution in [0.4, 0.5) is 0 Å². The molecule has 11 heavy (non-hydrogen) atoms. The molecule has 0 spiro atoms. The van der Waals surface area contributed by atoms with E-state index in [1.807, 2.05) is 4.90 Å². The van der Waals surface area contributed by atoms with Crippen molar-refractivity contribution in [3.05, 3.63) is 0 Å². The van der Waals surface area contributed by atoms with Gasteiger partial charge in [0.1, 0.15) is 0 Å². The smallest absolute Gasteiger partial charge is 0.209 e. The molecule has 0 aromatic carbocycles. The first-order valence-corrected chi connectivity index (χ1v) is 4.28. The molecule has 2 unspecified atom stereocenters. The van der Waals surface area contributed by atoms with Gasteiger partial charge in [0.15, 0.2) is 0 Å². The lowest BCUT2D eigenvalue weighted by molar-refractivity contribution is -0.117. The minimum absolute atomic E-state index is 0.685. The van der Waals surface area contributed by atoms with Gasteiger partial charge in [0, 0.05) is 31.6 Å². The third-order valence-electron chi connectivity index (χ3n) is 2.93.